The maximum atomic E-state index is 13.1. The second kappa shape index (κ2) is 7.13. The number of hydrogen-bond donors (Lipinski definition) is 1. The predicted octanol–water partition coefficient (Wildman–Crippen LogP) is 2.45. The van der Waals surface area contributed by atoms with Crippen LogP contribution in [0.3, 0.4) is 0 Å². The lowest BCUT2D eigenvalue weighted by Crippen LogP contribution is -2.47. The second-order valence-corrected chi connectivity index (χ2v) is 7.80. The zero-order chi connectivity index (χ0) is 17.2. The molecule has 1 saturated heterocycles. The number of benzene rings is 1. The molecule has 1 heterocycles. The van der Waals surface area contributed by atoms with Gasteiger partial charge in [-0.3, -0.25) is 0 Å². The molecule has 6 heteroatoms. The van der Waals surface area contributed by atoms with Gasteiger partial charge in [0.15, 0.2) is 0 Å². The molecule has 5 nitrogen and oxygen atoms in total. The molecule has 0 aliphatic carbocycles. The molecular weight excluding hydrogens is 314 g/mol. The van der Waals surface area contributed by atoms with Crippen LogP contribution >= 0.6 is 0 Å². The summed E-state index contributed by atoms with van der Waals surface area (Å²) in [5.41, 5.74) is 1.76. The third kappa shape index (κ3) is 3.50. The lowest BCUT2D eigenvalue weighted by atomic mass is 10.0. The van der Waals surface area contributed by atoms with Crippen molar-refractivity contribution in [3.05, 3.63) is 41.5 Å². The SMILES string of the molecule is C/C=C(/C)C(O)C1CCC(OC)N1S(=O)(=O)c1ccc(C)cc1. The average Bonchev–Trinajstić information content (AvgIpc) is 2.98. The van der Waals surface area contributed by atoms with E-state index in [-0.39, 0.29) is 4.90 Å². The van der Waals surface area contributed by atoms with Crippen molar-refractivity contribution in [1.82, 2.24) is 4.31 Å². The summed E-state index contributed by atoms with van der Waals surface area (Å²) in [6.45, 7) is 5.55. The Labute approximate surface area is 138 Å². The summed E-state index contributed by atoms with van der Waals surface area (Å²) < 4.78 is 32.8. The van der Waals surface area contributed by atoms with Gasteiger partial charge in [0.2, 0.25) is 10.0 Å². The molecule has 3 unspecified atom stereocenters. The minimum atomic E-state index is -3.73. The molecule has 0 aromatic heterocycles. The molecule has 1 N–H and O–H groups in total. The Balaban J connectivity index is 2.43. The van der Waals surface area contributed by atoms with Gasteiger partial charge in [-0.05, 0) is 51.3 Å². The summed E-state index contributed by atoms with van der Waals surface area (Å²) in [4.78, 5) is 0.224. The fourth-order valence-corrected chi connectivity index (χ4v) is 4.74. The molecule has 0 spiro atoms. The van der Waals surface area contributed by atoms with E-state index >= 15 is 0 Å². The van der Waals surface area contributed by atoms with Crippen LogP contribution in [0.25, 0.3) is 0 Å². The monoisotopic (exact) mass is 339 g/mol. The summed E-state index contributed by atoms with van der Waals surface area (Å²) in [6.07, 6.45) is 1.56. The molecule has 1 fully saturated rings. The number of allylic oxidation sites excluding steroid dienone is 1. The van der Waals surface area contributed by atoms with E-state index < -0.39 is 28.4 Å². The number of aliphatic hydroxyl groups is 1. The normalized spacial score (nSPS) is 24.8. The first-order valence-corrected chi connectivity index (χ1v) is 9.20. The third-order valence-corrected chi connectivity index (χ3v) is 6.40. The van der Waals surface area contributed by atoms with Crippen LogP contribution in [0.1, 0.15) is 32.3 Å². The van der Waals surface area contributed by atoms with Crippen molar-refractivity contribution in [1.29, 1.82) is 0 Å². The molecule has 0 bridgehead atoms. The number of methoxy groups -OCH3 is 1. The number of nitrogens with zero attached hydrogens (tertiary/aromatic N) is 1. The first-order chi connectivity index (χ1) is 10.8. The van der Waals surface area contributed by atoms with Gasteiger partial charge in [-0.1, -0.05) is 23.8 Å². The number of hydrogen-bond acceptors (Lipinski definition) is 4. The standard InChI is InChI=1S/C17H25NO4S/c1-5-13(3)17(19)15-10-11-16(22-4)18(15)23(20,21)14-8-6-12(2)7-9-14/h5-9,15-17,19H,10-11H2,1-4H3/b13-5-. The van der Waals surface area contributed by atoms with Crippen LogP contribution in [-0.4, -0.2) is 43.3 Å². The molecule has 0 radical (unpaired) electrons. The zero-order valence-electron chi connectivity index (χ0n) is 14.1. The van der Waals surface area contributed by atoms with Crippen molar-refractivity contribution in [2.24, 2.45) is 0 Å². The summed E-state index contributed by atoms with van der Waals surface area (Å²) in [5, 5.41) is 10.5. The summed E-state index contributed by atoms with van der Waals surface area (Å²) >= 11 is 0. The molecule has 3 atom stereocenters. The minimum Gasteiger partial charge on any atom is -0.387 e. The second-order valence-electron chi connectivity index (χ2n) is 5.96. The number of aliphatic hydroxyl groups excluding tert-OH is 1. The van der Waals surface area contributed by atoms with Crippen molar-refractivity contribution in [3.8, 4) is 0 Å². The molecule has 0 saturated carbocycles. The smallest absolute Gasteiger partial charge is 0.245 e. The van der Waals surface area contributed by atoms with E-state index in [9.17, 15) is 13.5 Å². The van der Waals surface area contributed by atoms with Gasteiger partial charge in [-0.25, -0.2) is 8.42 Å². The largest absolute Gasteiger partial charge is 0.387 e. The van der Waals surface area contributed by atoms with Crippen LogP contribution < -0.4 is 0 Å². The molecule has 1 aromatic rings. The summed E-state index contributed by atoms with van der Waals surface area (Å²) in [7, 11) is -2.23. The highest BCUT2D eigenvalue weighted by Crippen LogP contribution is 2.34. The Bertz CT molecular complexity index is 666. The van der Waals surface area contributed by atoms with E-state index in [1.54, 1.807) is 24.3 Å². The first kappa shape index (κ1) is 18.1. The zero-order valence-corrected chi connectivity index (χ0v) is 14.9. The summed E-state index contributed by atoms with van der Waals surface area (Å²) in [6, 6.07) is 6.23. The van der Waals surface area contributed by atoms with Gasteiger partial charge >= 0.3 is 0 Å². The molecule has 1 aromatic carbocycles. The fraction of sp³-hybridized carbons (Fsp3) is 0.529. The van der Waals surface area contributed by atoms with Crippen molar-refractivity contribution < 1.29 is 18.3 Å². The molecule has 2 rings (SSSR count). The number of sulfonamides is 1. The van der Waals surface area contributed by atoms with Gasteiger partial charge in [0.25, 0.3) is 0 Å². The van der Waals surface area contributed by atoms with Crippen LogP contribution in [0.15, 0.2) is 40.8 Å². The highest BCUT2D eigenvalue weighted by molar-refractivity contribution is 7.89. The Morgan fingerprint density at radius 2 is 1.96 bits per heavy atom. The number of rotatable bonds is 5. The Morgan fingerprint density at radius 3 is 2.48 bits per heavy atom. The van der Waals surface area contributed by atoms with Gasteiger partial charge in [0.1, 0.15) is 6.23 Å². The fourth-order valence-electron chi connectivity index (χ4n) is 2.94. The highest BCUT2D eigenvalue weighted by atomic mass is 32.2. The molecule has 0 amide bonds. The van der Waals surface area contributed by atoms with Gasteiger partial charge < -0.3 is 9.84 Å². The summed E-state index contributed by atoms with van der Waals surface area (Å²) in [5.74, 6) is 0. The van der Waals surface area contributed by atoms with E-state index in [4.69, 9.17) is 4.74 Å². The van der Waals surface area contributed by atoms with Crippen LogP contribution in [0.5, 0.6) is 0 Å². The van der Waals surface area contributed by atoms with E-state index in [0.29, 0.717) is 12.8 Å². The average molecular weight is 339 g/mol. The number of aryl methyl sites for hydroxylation is 1. The lowest BCUT2D eigenvalue weighted by molar-refractivity contribution is 0.0122. The van der Waals surface area contributed by atoms with Crippen LogP contribution in [0.2, 0.25) is 0 Å². The van der Waals surface area contributed by atoms with Crippen LogP contribution in [-0.2, 0) is 14.8 Å². The van der Waals surface area contributed by atoms with E-state index in [1.807, 2.05) is 26.8 Å². The number of ether oxygens (including phenoxy) is 1. The Morgan fingerprint density at radius 1 is 1.35 bits per heavy atom. The predicted molar refractivity (Wildman–Crippen MR) is 89.5 cm³/mol. The third-order valence-electron chi connectivity index (χ3n) is 4.47. The van der Waals surface area contributed by atoms with E-state index in [2.05, 4.69) is 0 Å². The maximum Gasteiger partial charge on any atom is 0.245 e. The highest BCUT2D eigenvalue weighted by Gasteiger charge is 2.45. The Hall–Kier alpha value is -1.21. The van der Waals surface area contributed by atoms with Crippen molar-refractivity contribution in [2.45, 2.75) is 56.9 Å². The van der Waals surface area contributed by atoms with Crippen molar-refractivity contribution >= 4 is 10.0 Å². The van der Waals surface area contributed by atoms with E-state index in [1.165, 1.54) is 11.4 Å². The minimum absolute atomic E-state index is 0.224. The van der Waals surface area contributed by atoms with Crippen LogP contribution in [0, 0.1) is 6.92 Å². The molecular formula is C17H25NO4S. The molecule has 1 aliphatic heterocycles. The topological polar surface area (TPSA) is 66.8 Å². The van der Waals surface area contributed by atoms with Gasteiger partial charge in [-0.2, -0.15) is 4.31 Å². The molecule has 128 valence electrons. The van der Waals surface area contributed by atoms with Gasteiger partial charge in [-0.15, -0.1) is 0 Å². The van der Waals surface area contributed by atoms with Gasteiger partial charge in [0, 0.05) is 7.11 Å². The molecule has 23 heavy (non-hydrogen) atoms. The quantitative estimate of drug-likeness (QED) is 0.837. The molecule has 1 aliphatic rings. The van der Waals surface area contributed by atoms with Crippen molar-refractivity contribution in [3.63, 3.8) is 0 Å². The Kier molecular flexibility index (Phi) is 5.62. The lowest BCUT2D eigenvalue weighted by Gasteiger charge is -2.31. The first-order valence-electron chi connectivity index (χ1n) is 7.76. The van der Waals surface area contributed by atoms with Crippen LogP contribution in [0.4, 0.5) is 0 Å². The van der Waals surface area contributed by atoms with E-state index in [0.717, 1.165) is 11.1 Å². The maximum absolute atomic E-state index is 13.1. The van der Waals surface area contributed by atoms with Gasteiger partial charge in [0.05, 0.1) is 17.0 Å². The van der Waals surface area contributed by atoms with Crippen molar-refractivity contribution in [2.75, 3.05) is 7.11 Å².